The summed E-state index contributed by atoms with van der Waals surface area (Å²) in [5.41, 5.74) is 1.71. The molecule has 0 aliphatic carbocycles. The number of hydrogen-bond donors (Lipinski definition) is 1. The van der Waals surface area contributed by atoms with E-state index in [0.29, 0.717) is 10.9 Å². The second-order valence-corrected chi connectivity index (χ2v) is 6.62. The van der Waals surface area contributed by atoms with Crippen molar-refractivity contribution < 1.29 is 9.90 Å². The summed E-state index contributed by atoms with van der Waals surface area (Å²) < 4.78 is 2.14. The van der Waals surface area contributed by atoms with E-state index in [1.807, 2.05) is 18.2 Å². The highest BCUT2D eigenvalue weighted by Crippen LogP contribution is 2.35. The minimum Gasteiger partial charge on any atom is -0.481 e. The summed E-state index contributed by atoms with van der Waals surface area (Å²) in [5, 5.41) is 10.2. The van der Waals surface area contributed by atoms with Crippen LogP contribution in [0.2, 0.25) is 5.02 Å². The zero-order valence-electron chi connectivity index (χ0n) is 12.3. The van der Waals surface area contributed by atoms with Crippen molar-refractivity contribution in [2.24, 2.45) is 5.92 Å². The Labute approximate surface area is 133 Å². The predicted molar refractivity (Wildman–Crippen MR) is 87.3 cm³/mol. The van der Waals surface area contributed by atoms with Gasteiger partial charge in [0.15, 0.2) is 5.16 Å². The topological polar surface area (TPSA) is 55.1 Å². The Morgan fingerprint density at radius 2 is 2.19 bits per heavy atom. The van der Waals surface area contributed by atoms with Crippen LogP contribution in [0.5, 0.6) is 0 Å². The molecule has 6 heteroatoms. The number of imidazole rings is 1. The Morgan fingerprint density at radius 1 is 1.48 bits per heavy atom. The number of hydrogen-bond acceptors (Lipinski definition) is 3. The molecule has 2 rings (SSSR count). The van der Waals surface area contributed by atoms with Crippen molar-refractivity contribution in [1.82, 2.24) is 9.55 Å². The number of carboxylic acid groups (broad SMARTS) is 1. The van der Waals surface area contributed by atoms with E-state index in [9.17, 15) is 4.79 Å². The van der Waals surface area contributed by atoms with Crippen molar-refractivity contribution in [3.05, 3.63) is 23.2 Å². The summed E-state index contributed by atoms with van der Waals surface area (Å²) in [6.07, 6.45) is 0.955. The van der Waals surface area contributed by atoms with Gasteiger partial charge in [0.05, 0.1) is 16.3 Å². The number of carbonyl (C=O) groups is 1. The third kappa shape index (κ3) is 3.35. The summed E-state index contributed by atoms with van der Waals surface area (Å²) >= 11 is 7.48. The maximum absolute atomic E-state index is 10.9. The minimum absolute atomic E-state index is 0.00449. The molecule has 0 amide bonds. The molecule has 0 radical (unpaired) electrons. The first-order chi connectivity index (χ1) is 9.95. The standard InChI is InChI=1S/C15H19ClN2O2S/c1-4-11(9(2)3)18-12-7-5-6-10(16)14(12)17-15(18)21-8-13(19)20/h5-7,9,11H,4,8H2,1-3H3,(H,19,20). The summed E-state index contributed by atoms with van der Waals surface area (Å²) in [6.45, 7) is 6.46. The number of carboxylic acids is 1. The molecule has 21 heavy (non-hydrogen) atoms. The van der Waals surface area contributed by atoms with E-state index in [1.54, 1.807) is 0 Å². The van der Waals surface area contributed by atoms with Gasteiger partial charge in [0.1, 0.15) is 5.52 Å². The number of halogens is 1. The van der Waals surface area contributed by atoms with Gasteiger partial charge in [-0.3, -0.25) is 4.79 Å². The Kier molecular flexibility index (Phi) is 5.17. The van der Waals surface area contributed by atoms with Gasteiger partial charge < -0.3 is 9.67 Å². The number of aliphatic carboxylic acids is 1. The maximum Gasteiger partial charge on any atom is 0.313 e. The second-order valence-electron chi connectivity index (χ2n) is 5.27. The second kappa shape index (κ2) is 6.71. The highest BCUT2D eigenvalue weighted by molar-refractivity contribution is 7.99. The third-order valence-corrected chi connectivity index (χ3v) is 4.73. The van der Waals surface area contributed by atoms with Gasteiger partial charge >= 0.3 is 5.97 Å². The first-order valence-electron chi connectivity index (χ1n) is 6.96. The van der Waals surface area contributed by atoms with Gasteiger partial charge in [-0.15, -0.1) is 0 Å². The van der Waals surface area contributed by atoms with Crippen LogP contribution in [0.15, 0.2) is 23.4 Å². The van der Waals surface area contributed by atoms with Gasteiger partial charge in [-0.1, -0.05) is 50.2 Å². The molecule has 114 valence electrons. The van der Waals surface area contributed by atoms with Crippen molar-refractivity contribution in [1.29, 1.82) is 0 Å². The van der Waals surface area contributed by atoms with E-state index in [0.717, 1.165) is 22.6 Å². The highest BCUT2D eigenvalue weighted by atomic mass is 35.5. The lowest BCUT2D eigenvalue weighted by Gasteiger charge is -2.23. The molecule has 1 heterocycles. The highest BCUT2D eigenvalue weighted by Gasteiger charge is 2.22. The normalized spacial score (nSPS) is 13.0. The smallest absolute Gasteiger partial charge is 0.313 e. The van der Waals surface area contributed by atoms with Gasteiger partial charge in [0.25, 0.3) is 0 Å². The molecule has 2 aromatic rings. The zero-order chi connectivity index (χ0) is 15.6. The molecule has 1 aromatic heterocycles. The third-order valence-electron chi connectivity index (χ3n) is 3.48. The van der Waals surface area contributed by atoms with Gasteiger partial charge in [0, 0.05) is 6.04 Å². The van der Waals surface area contributed by atoms with Crippen LogP contribution in [0.1, 0.15) is 33.2 Å². The van der Waals surface area contributed by atoms with Gasteiger partial charge in [-0.05, 0) is 24.5 Å². The maximum atomic E-state index is 10.9. The molecule has 0 aliphatic heterocycles. The molecule has 1 unspecified atom stereocenters. The number of para-hydroxylation sites is 1. The fourth-order valence-electron chi connectivity index (χ4n) is 2.56. The van der Waals surface area contributed by atoms with Gasteiger partial charge in [-0.25, -0.2) is 4.98 Å². The molecule has 4 nitrogen and oxygen atoms in total. The van der Waals surface area contributed by atoms with E-state index < -0.39 is 5.97 Å². The lowest BCUT2D eigenvalue weighted by molar-refractivity contribution is -0.133. The lowest BCUT2D eigenvalue weighted by atomic mass is 10.0. The fraction of sp³-hybridized carbons (Fsp3) is 0.467. The molecule has 0 saturated heterocycles. The van der Waals surface area contributed by atoms with Crippen LogP contribution in [0.25, 0.3) is 11.0 Å². The zero-order valence-corrected chi connectivity index (χ0v) is 13.9. The Morgan fingerprint density at radius 3 is 2.76 bits per heavy atom. The summed E-state index contributed by atoms with van der Waals surface area (Å²) in [7, 11) is 0. The number of benzene rings is 1. The van der Waals surface area contributed by atoms with E-state index in [4.69, 9.17) is 16.7 Å². The molecule has 0 bridgehead atoms. The summed E-state index contributed by atoms with van der Waals surface area (Å²) in [4.78, 5) is 15.4. The molecule has 1 atom stereocenters. The molecule has 0 saturated carbocycles. The van der Waals surface area contributed by atoms with Crippen molar-refractivity contribution in [2.45, 2.75) is 38.4 Å². The minimum atomic E-state index is -0.845. The molecule has 0 fully saturated rings. The van der Waals surface area contributed by atoms with E-state index >= 15 is 0 Å². The van der Waals surface area contributed by atoms with Crippen LogP contribution < -0.4 is 0 Å². The number of nitrogens with zero attached hydrogens (tertiary/aromatic N) is 2. The van der Waals surface area contributed by atoms with Crippen LogP contribution >= 0.6 is 23.4 Å². The Bertz CT molecular complexity index is 654. The van der Waals surface area contributed by atoms with Gasteiger partial charge in [-0.2, -0.15) is 0 Å². The van der Waals surface area contributed by atoms with Crippen LogP contribution in [-0.4, -0.2) is 26.4 Å². The average Bonchev–Trinajstić information content (AvgIpc) is 2.77. The van der Waals surface area contributed by atoms with Crippen molar-refractivity contribution in [3.63, 3.8) is 0 Å². The molecule has 0 aliphatic rings. The molecule has 0 spiro atoms. The first-order valence-corrected chi connectivity index (χ1v) is 8.33. The number of thioether (sulfide) groups is 1. The summed E-state index contributed by atoms with van der Waals surface area (Å²) in [6, 6.07) is 5.97. The fourth-order valence-corrected chi connectivity index (χ4v) is 3.56. The van der Waals surface area contributed by atoms with Crippen molar-refractivity contribution in [2.75, 3.05) is 5.75 Å². The average molecular weight is 327 g/mol. The SMILES string of the molecule is CCC(C(C)C)n1c(SCC(=O)O)nc2c(Cl)cccc21. The number of rotatable bonds is 6. The molecular weight excluding hydrogens is 308 g/mol. The Hall–Kier alpha value is -1.20. The van der Waals surface area contributed by atoms with Crippen molar-refractivity contribution in [3.8, 4) is 0 Å². The first kappa shape index (κ1) is 16.2. The molecular formula is C15H19ClN2O2S. The monoisotopic (exact) mass is 326 g/mol. The molecule has 1 aromatic carbocycles. The van der Waals surface area contributed by atoms with Crippen LogP contribution in [0.3, 0.4) is 0 Å². The van der Waals surface area contributed by atoms with E-state index in [-0.39, 0.29) is 11.8 Å². The van der Waals surface area contributed by atoms with E-state index in [1.165, 1.54) is 11.8 Å². The quantitative estimate of drug-likeness (QED) is 0.795. The van der Waals surface area contributed by atoms with Crippen LogP contribution in [-0.2, 0) is 4.79 Å². The lowest BCUT2D eigenvalue weighted by Crippen LogP contribution is -2.15. The van der Waals surface area contributed by atoms with Crippen LogP contribution in [0, 0.1) is 5.92 Å². The molecule has 1 N–H and O–H groups in total. The largest absolute Gasteiger partial charge is 0.481 e. The van der Waals surface area contributed by atoms with Gasteiger partial charge in [0.2, 0.25) is 0 Å². The summed E-state index contributed by atoms with van der Waals surface area (Å²) in [5.74, 6) is -0.423. The predicted octanol–water partition coefficient (Wildman–Crippen LogP) is 4.47. The Balaban J connectivity index is 2.59. The van der Waals surface area contributed by atoms with Crippen LogP contribution in [0.4, 0.5) is 0 Å². The number of aromatic nitrogens is 2. The number of fused-ring (bicyclic) bond motifs is 1. The van der Waals surface area contributed by atoms with Crippen molar-refractivity contribution >= 4 is 40.4 Å². The van der Waals surface area contributed by atoms with E-state index in [2.05, 4.69) is 30.3 Å².